The lowest BCUT2D eigenvalue weighted by Crippen LogP contribution is -2.20. The molecule has 2 rings (SSSR count). The van der Waals surface area contributed by atoms with Crippen LogP contribution >= 0.6 is 0 Å². The highest BCUT2D eigenvalue weighted by molar-refractivity contribution is 5.45. The maximum atomic E-state index is 12.8. The van der Waals surface area contributed by atoms with Crippen molar-refractivity contribution in [2.45, 2.75) is 6.04 Å². The van der Waals surface area contributed by atoms with Crippen LogP contribution in [0.4, 0.5) is 14.5 Å². The molecule has 0 aliphatic rings. The van der Waals surface area contributed by atoms with Gasteiger partial charge in [0.05, 0.1) is 6.04 Å². The predicted molar refractivity (Wildman–Crippen MR) is 68.2 cm³/mol. The predicted octanol–water partition coefficient (Wildman–Crippen LogP) is 3.08. The lowest BCUT2D eigenvalue weighted by atomic mass is 10.1. The molecule has 0 radical (unpaired) electrons. The SMILES string of the molecule is NCC(Nc1ccc(F)cc1)c1ccc(F)cc1. The fourth-order valence-electron chi connectivity index (χ4n) is 1.72. The van der Waals surface area contributed by atoms with Crippen molar-refractivity contribution in [2.24, 2.45) is 5.73 Å². The minimum Gasteiger partial charge on any atom is -0.377 e. The summed E-state index contributed by atoms with van der Waals surface area (Å²) in [7, 11) is 0. The van der Waals surface area contributed by atoms with Gasteiger partial charge in [-0.1, -0.05) is 12.1 Å². The second-order valence-corrected chi connectivity index (χ2v) is 3.99. The van der Waals surface area contributed by atoms with Crippen molar-refractivity contribution >= 4 is 5.69 Å². The zero-order valence-electron chi connectivity index (χ0n) is 9.74. The molecule has 0 saturated carbocycles. The second-order valence-electron chi connectivity index (χ2n) is 3.99. The molecule has 1 atom stereocenters. The van der Waals surface area contributed by atoms with E-state index < -0.39 is 0 Å². The van der Waals surface area contributed by atoms with Crippen LogP contribution in [0.3, 0.4) is 0 Å². The molecule has 2 aromatic carbocycles. The summed E-state index contributed by atoms with van der Waals surface area (Å²) in [5.41, 5.74) is 7.36. The molecule has 2 aromatic rings. The van der Waals surface area contributed by atoms with E-state index in [0.717, 1.165) is 11.3 Å². The van der Waals surface area contributed by atoms with E-state index in [1.54, 1.807) is 24.3 Å². The summed E-state index contributed by atoms with van der Waals surface area (Å²) in [5.74, 6) is -0.567. The topological polar surface area (TPSA) is 38.0 Å². The molecule has 0 bridgehead atoms. The Morgan fingerprint density at radius 3 is 1.89 bits per heavy atom. The number of rotatable bonds is 4. The molecule has 0 aromatic heterocycles. The normalized spacial score (nSPS) is 12.2. The van der Waals surface area contributed by atoms with Gasteiger partial charge >= 0.3 is 0 Å². The number of anilines is 1. The van der Waals surface area contributed by atoms with Crippen LogP contribution in [0.1, 0.15) is 11.6 Å². The summed E-state index contributed by atoms with van der Waals surface area (Å²) in [4.78, 5) is 0. The number of halogens is 2. The Bertz CT molecular complexity index is 494. The number of nitrogens with two attached hydrogens (primary N) is 1. The van der Waals surface area contributed by atoms with Crippen LogP contribution in [0.5, 0.6) is 0 Å². The highest BCUT2D eigenvalue weighted by atomic mass is 19.1. The van der Waals surface area contributed by atoms with Gasteiger partial charge in [-0.25, -0.2) is 8.78 Å². The summed E-state index contributed by atoms with van der Waals surface area (Å²) in [5, 5.41) is 3.18. The van der Waals surface area contributed by atoms with Gasteiger partial charge in [0.2, 0.25) is 0 Å². The maximum absolute atomic E-state index is 12.8. The van der Waals surface area contributed by atoms with Crippen molar-refractivity contribution in [3.05, 3.63) is 65.7 Å². The van der Waals surface area contributed by atoms with E-state index in [2.05, 4.69) is 5.32 Å². The van der Waals surface area contributed by atoms with Crippen molar-refractivity contribution < 1.29 is 8.78 Å². The monoisotopic (exact) mass is 248 g/mol. The molecule has 1 unspecified atom stereocenters. The van der Waals surface area contributed by atoms with Crippen LogP contribution in [-0.2, 0) is 0 Å². The quantitative estimate of drug-likeness (QED) is 0.872. The molecular weight excluding hydrogens is 234 g/mol. The number of benzene rings is 2. The van der Waals surface area contributed by atoms with Gasteiger partial charge in [0.15, 0.2) is 0 Å². The van der Waals surface area contributed by atoms with E-state index in [0.29, 0.717) is 6.54 Å². The third-order valence-electron chi connectivity index (χ3n) is 2.69. The third kappa shape index (κ3) is 3.05. The van der Waals surface area contributed by atoms with Crippen molar-refractivity contribution in [2.75, 3.05) is 11.9 Å². The van der Waals surface area contributed by atoms with Crippen molar-refractivity contribution in [1.29, 1.82) is 0 Å². The van der Waals surface area contributed by atoms with Crippen LogP contribution in [0.2, 0.25) is 0 Å². The largest absolute Gasteiger partial charge is 0.377 e. The van der Waals surface area contributed by atoms with Crippen LogP contribution < -0.4 is 11.1 Å². The van der Waals surface area contributed by atoms with E-state index in [1.165, 1.54) is 24.3 Å². The Kier molecular flexibility index (Phi) is 3.89. The Morgan fingerprint density at radius 2 is 1.39 bits per heavy atom. The maximum Gasteiger partial charge on any atom is 0.123 e. The standard InChI is InChI=1S/C14H14F2N2/c15-11-3-1-10(2-4-11)14(9-17)18-13-7-5-12(16)6-8-13/h1-8,14,18H,9,17H2. The molecule has 0 fully saturated rings. The summed E-state index contributed by atoms with van der Waals surface area (Å²) in [6, 6.07) is 12.1. The van der Waals surface area contributed by atoms with Gasteiger partial charge in [-0.2, -0.15) is 0 Å². The minimum absolute atomic E-state index is 0.129. The lowest BCUT2D eigenvalue weighted by molar-refractivity contribution is 0.625. The van der Waals surface area contributed by atoms with Crippen molar-refractivity contribution in [3.63, 3.8) is 0 Å². The molecule has 18 heavy (non-hydrogen) atoms. The first-order chi connectivity index (χ1) is 8.69. The van der Waals surface area contributed by atoms with E-state index >= 15 is 0 Å². The van der Waals surface area contributed by atoms with Gasteiger partial charge in [-0.15, -0.1) is 0 Å². The first-order valence-corrected chi connectivity index (χ1v) is 5.66. The molecule has 3 N–H and O–H groups in total. The average molecular weight is 248 g/mol. The number of nitrogens with one attached hydrogen (secondary N) is 1. The minimum atomic E-state index is -0.286. The highest BCUT2D eigenvalue weighted by Crippen LogP contribution is 2.19. The van der Waals surface area contributed by atoms with Crippen LogP contribution in [0.15, 0.2) is 48.5 Å². The van der Waals surface area contributed by atoms with Gasteiger partial charge in [0, 0.05) is 12.2 Å². The Balaban J connectivity index is 2.14. The summed E-state index contributed by atoms with van der Waals surface area (Å²) < 4.78 is 25.6. The van der Waals surface area contributed by atoms with E-state index in [1.807, 2.05) is 0 Å². The molecule has 94 valence electrons. The fraction of sp³-hybridized carbons (Fsp3) is 0.143. The van der Waals surface area contributed by atoms with Crippen LogP contribution in [-0.4, -0.2) is 6.54 Å². The first-order valence-electron chi connectivity index (χ1n) is 5.66. The molecule has 0 spiro atoms. The second kappa shape index (κ2) is 5.60. The Morgan fingerprint density at radius 1 is 0.889 bits per heavy atom. The van der Waals surface area contributed by atoms with Gasteiger partial charge in [0.25, 0.3) is 0 Å². The molecular formula is C14H14F2N2. The fourth-order valence-corrected chi connectivity index (χ4v) is 1.72. The zero-order chi connectivity index (χ0) is 13.0. The molecule has 0 heterocycles. The molecule has 4 heteroatoms. The molecule has 0 saturated heterocycles. The third-order valence-corrected chi connectivity index (χ3v) is 2.69. The molecule has 0 aliphatic heterocycles. The molecule has 0 amide bonds. The van der Waals surface area contributed by atoms with Gasteiger partial charge in [0.1, 0.15) is 11.6 Å². The van der Waals surface area contributed by atoms with Crippen molar-refractivity contribution in [1.82, 2.24) is 0 Å². The molecule has 2 nitrogen and oxygen atoms in total. The van der Waals surface area contributed by atoms with Crippen LogP contribution in [0.25, 0.3) is 0 Å². The van der Waals surface area contributed by atoms with E-state index in [4.69, 9.17) is 5.73 Å². The van der Waals surface area contributed by atoms with Crippen molar-refractivity contribution in [3.8, 4) is 0 Å². The summed E-state index contributed by atoms with van der Waals surface area (Å²) in [6.07, 6.45) is 0. The lowest BCUT2D eigenvalue weighted by Gasteiger charge is -2.18. The first kappa shape index (κ1) is 12.5. The number of hydrogen-bond donors (Lipinski definition) is 2. The van der Waals surface area contributed by atoms with Gasteiger partial charge in [-0.3, -0.25) is 0 Å². The zero-order valence-corrected chi connectivity index (χ0v) is 9.74. The number of hydrogen-bond acceptors (Lipinski definition) is 2. The van der Waals surface area contributed by atoms with E-state index in [9.17, 15) is 8.78 Å². The van der Waals surface area contributed by atoms with Gasteiger partial charge in [-0.05, 0) is 42.0 Å². The highest BCUT2D eigenvalue weighted by Gasteiger charge is 2.09. The smallest absolute Gasteiger partial charge is 0.123 e. The molecule has 0 aliphatic carbocycles. The summed E-state index contributed by atoms with van der Waals surface area (Å²) in [6.45, 7) is 0.364. The Labute approximate surface area is 104 Å². The van der Waals surface area contributed by atoms with E-state index in [-0.39, 0.29) is 17.7 Å². The summed E-state index contributed by atoms with van der Waals surface area (Å²) >= 11 is 0. The van der Waals surface area contributed by atoms with Gasteiger partial charge < -0.3 is 11.1 Å². The average Bonchev–Trinajstić information content (AvgIpc) is 2.39. The van der Waals surface area contributed by atoms with Crippen LogP contribution in [0, 0.1) is 11.6 Å². The Hall–Kier alpha value is -1.94.